The topological polar surface area (TPSA) is 74.8 Å². The van der Waals surface area contributed by atoms with Crippen molar-refractivity contribution in [1.29, 1.82) is 0 Å². The molecule has 4 rings (SSSR count). The van der Waals surface area contributed by atoms with Gasteiger partial charge in [0.15, 0.2) is 0 Å². The monoisotopic (exact) mass is 464 g/mol. The Morgan fingerprint density at radius 3 is 1.74 bits per heavy atom. The van der Waals surface area contributed by atoms with Gasteiger partial charge in [-0.2, -0.15) is 20.5 Å². The zero-order valence-corrected chi connectivity index (χ0v) is 20.2. The van der Waals surface area contributed by atoms with Crippen LogP contribution in [0.2, 0.25) is 0 Å². The van der Waals surface area contributed by atoms with Crippen molar-refractivity contribution >= 4 is 28.4 Å². The maximum Gasteiger partial charge on any atom is 0.130 e. The summed E-state index contributed by atoms with van der Waals surface area (Å²) in [5.41, 5.74) is 5.25. The van der Waals surface area contributed by atoms with Gasteiger partial charge in [0.05, 0.1) is 22.7 Å². The van der Waals surface area contributed by atoms with Crippen LogP contribution in [0.15, 0.2) is 112 Å². The minimum atomic E-state index is 0.724. The molecule has 0 fully saturated rings. The van der Waals surface area contributed by atoms with E-state index in [0.717, 1.165) is 52.9 Å². The van der Waals surface area contributed by atoms with Crippen LogP contribution >= 0.6 is 0 Å². The normalized spacial score (nSPS) is 11.3. The molecular formula is C28H28N6O. The highest BCUT2D eigenvalue weighted by Gasteiger charge is 2.04. The molecule has 35 heavy (non-hydrogen) atoms. The van der Waals surface area contributed by atoms with Crippen molar-refractivity contribution in [2.75, 3.05) is 18.0 Å². The smallest absolute Gasteiger partial charge is 0.130 e. The lowest BCUT2D eigenvalue weighted by Gasteiger charge is -2.20. The van der Waals surface area contributed by atoms with Gasteiger partial charge in [0.25, 0.3) is 0 Å². The molecule has 0 saturated heterocycles. The standard InChI is InChI=1S/C28H28N6O/c1-4-34(5-2)26-11-6-22(7-12-26)30-31-23-8-13-27(14-9-23)35-28-15-10-25(20-21(28)3)33-32-24-16-18-29-19-17-24/h6-20H,4-5H2,1-3H3. The van der Waals surface area contributed by atoms with Gasteiger partial charge in [-0.15, -0.1) is 0 Å². The quantitative estimate of drug-likeness (QED) is 0.232. The molecule has 0 bridgehead atoms. The Morgan fingerprint density at radius 2 is 1.17 bits per heavy atom. The van der Waals surface area contributed by atoms with Crippen molar-refractivity contribution in [3.63, 3.8) is 0 Å². The van der Waals surface area contributed by atoms with Crippen LogP contribution in [0.25, 0.3) is 0 Å². The second-order valence-corrected chi connectivity index (χ2v) is 7.84. The summed E-state index contributed by atoms with van der Waals surface area (Å²) in [7, 11) is 0. The SMILES string of the molecule is CCN(CC)c1ccc(N=Nc2ccc(Oc3ccc(N=Nc4ccncc4)cc3C)cc2)cc1. The molecule has 0 spiro atoms. The average Bonchev–Trinajstić information content (AvgIpc) is 2.90. The van der Waals surface area contributed by atoms with Crippen molar-refractivity contribution in [3.05, 3.63) is 96.8 Å². The Kier molecular flexibility index (Phi) is 7.91. The number of anilines is 1. The second-order valence-electron chi connectivity index (χ2n) is 7.84. The summed E-state index contributed by atoms with van der Waals surface area (Å²) in [6.07, 6.45) is 3.38. The van der Waals surface area contributed by atoms with Crippen molar-refractivity contribution < 1.29 is 4.74 Å². The molecule has 0 saturated carbocycles. The summed E-state index contributed by atoms with van der Waals surface area (Å²) >= 11 is 0. The fourth-order valence-electron chi connectivity index (χ4n) is 3.48. The molecule has 0 radical (unpaired) electrons. The Balaban J connectivity index is 1.37. The number of nitrogens with zero attached hydrogens (tertiary/aromatic N) is 6. The third kappa shape index (κ3) is 6.57. The fraction of sp³-hybridized carbons (Fsp3) is 0.179. The molecule has 1 heterocycles. The van der Waals surface area contributed by atoms with Gasteiger partial charge in [0, 0.05) is 31.2 Å². The van der Waals surface area contributed by atoms with E-state index in [9.17, 15) is 0 Å². The highest BCUT2D eigenvalue weighted by molar-refractivity contribution is 5.53. The summed E-state index contributed by atoms with van der Waals surface area (Å²) in [5.74, 6) is 1.48. The summed E-state index contributed by atoms with van der Waals surface area (Å²) in [6.45, 7) is 8.24. The molecule has 0 amide bonds. The highest BCUT2D eigenvalue weighted by atomic mass is 16.5. The first-order valence-electron chi connectivity index (χ1n) is 11.6. The van der Waals surface area contributed by atoms with Crippen molar-refractivity contribution in [3.8, 4) is 11.5 Å². The molecule has 0 aliphatic heterocycles. The maximum absolute atomic E-state index is 6.04. The van der Waals surface area contributed by atoms with Crippen LogP contribution in [0.4, 0.5) is 28.4 Å². The number of benzene rings is 3. The van der Waals surface area contributed by atoms with Gasteiger partial charge in [-0.3, -0.25) is 4.98 Å². The molecule has 3 aromatic carbocycles. The van der Waals surface area contributed by atoms with E-state index in [-0.39, 0.29) is 0 Å². The molecule has 0 N–H and O–H groups in total. The lowest BCUT2D eigenvalue weighted by molar-refractivity contribution is 0.479. The lowest BCUT2D eigenvalue weighted by Crippen LogP contribution is -2.21. The second kappa shape index (κ2) is 11.7. The molecule has 0 unspecified atom stereocenters. The Morgan fingerprint density at radius 1 is 0.657 bits per heavy atom. The number of aromatic nitrogens is 1. The van der Waals surface area contributed by atoms with E-state index in [1.807, 2.05) is 61.5 Å². The van der Waals surface area contributed by atoms with Crippen LogP contribution in [-0.4, -0.2) is 18.1 Å². The van der Waals surface area contributed by atoms with Gasteiger partial charge < -0.3 is 9.64 Å². The molecule has 0 aliphatic rings. The van der Waals surface area contributed by atoms with Crippen LogP contribution in [0.5, 0.6) is 11.5 Å². The first-order chi connectivity index (χ1) is 17.1. The number of rotatable bonds is 9. The van der Waals surface area contributed by atoms with Gasteiger partial charge in [-0.1, -0.05) is 0 Å². The van der Waals surface area contributed by atoms with Gasteiger partial charge in [0.2, 0.25) is 0 Å². The predicted octanol–water partition coefficient (Wildman–Crippen LogP) is 8.86. The molecule has 1 aromatic heterocycles. The molecule has 7 heteroatoms. The minimum Gasteiger partial charge on any atom is -0.457 e. The van der Waals surface area contributed by atoms with Crippen molar-refractivity contribution in [2.24, 2.45) is 20.5 Å². The predicted molar refractivity (Wildman–Crippen MR) is 140 cm³/mol. The lowest BCUT2D eigenvalue weighted by atomic mass is 10.2. The number of hydrogen-bond donors (Lipinski definition) is 0. The molecule has 7 nitrogen and oxygen atoms in total. The highest BCUT2D eigenvalue weighted by Crippen LogP contribution is 2.30. The van der Waals surface area contributed by atoms with E-state index in [2.05, 4.69) is 56.3 Å². The van der Waals surface area contributed by atoms with Crippen LogP contribution in [0.1, 0.15) is 19.4 Å². The van der Waals surface area contributed by atoms with E-state index in [1.54, 1.807) is 24.5 Å². The van der Waals surface area contributed by atoms with E-state index < -0.39 is 0 Å². The summed E-state index contributed by atoms with van der Waals surface area (Å²) < 4.78 is 6.04. The van der Waals surface area contributed by atoms with Crippen molar-refractivity contribution in [1.82, 2.24) is 4.98 Å². The summed E-state index contributed by atoms with van der Waals surface area (Å²) in [4.78, 5) is 6.27. The number of ether oxygens (including phenoxy) is 1. The summed E-state index contributed by atoms with van der Waals surface area (Å²) in [5, 5.41) is 17.2. The molecule has 0 aliphatic carbocycles. The van der Waals surface area contributed by atoms with E-state index in [1.165, 1.54) is 5.69 Å². The Bertz CT molecular complexity index is 1280. The molecular weight excluding hydrogens is 436 g/mol. The zero-order valence-electron chi connectivity index (χ0n) is 20.2. The zero-order chi connectivity index (χ0) is 24.5. The largest absolute Gasteiger partial charge is 0.457 e. The summed E-state index contributed by atoms with van der Waals surface area (Å²) in [6, 6.07) is 25.0. The first kappa shape index (κ1) is 23.8. The van der Waals surface area contributed by atoms with Crippen LogP contribution < -0.4 is 9.64 Å². The fourth-order valence-corrected chi connectivity index (χ4v) is 3.48. The number of azo groups is 2. The third-order valence-electron chi connectivity index (χ3n) is 5.43. The van der Waals surface area contributed by atoms with Gasteiger partial charge in [-0.25, -0.2) is 0 Å². The van der Waals surface area contributed by atoms with Crippen LogP contribution in [0, 0.1) is 6.92 Å². The maximum atomic E-state index is 6.04. The first-order valence-corrected chi connectivity index (χ1v) is 11.6. The van der Waals surface area contributed by atoms with Gasteiger partial charge >= 0.3 is 0 Å². The average molecular weight is 465 g/mol. The van der Waals surface area contributed by atoms with Gasteiger partial charge in [-0.05, 0) is 105 Å². The Hall–Kier alpha value is -4.39. The van der Waals surface area contributed by atoms with Crippen LogP contribution in [0.3, 0.4) is 0 Å². The molecule has 4 aromatic rings. The van der Waals surface area contributed by atoms with Crippen LogP contribution in [-0.2, 0) is 0 Å². The number of pyridine rings is 1. The number of hydrogen-bond acceptors (Lipinski definition) is 7. The van der Waals surface area contributed by atoms with Crippen molar-refractivity contribution in [2.45, 2.75) is 20.8 Å². The Labute approximate surface area is 205 Å². The van der Waals surface area contributed by atoms with E-state index >= 15 is 0 Å². The number of aryl methyl sites for hydroxylation is 1. The minimum absolute atomic E-state index is 0.724. The van der Waals surface area contributed by atoms with E-state index in [0.29, 0.717) is 0 Å². The molecule has 176 valence electrons. The van der Waals surface area contributed by atoms with Gasteiger partial charge in [0.1, 0.15) is 11.5 Å². The van der Waals surface area contributed by atoms with E-state index in [4.69, 9.17) is 4.74 Å². The third-order valence-corrected chi connectivity index (χ3v) is 5.43. The molecule has 0 atom stereocenters.